The molecule has 142 valence electrons. The summed E-state index contributed by atoms with van der Waals surface area (Å²) in [5.41, 5.74) is 3.23. The van der Waals surface area contributed by atoms with E-state index in [0.717, 1.165) is 35.3 Å². The summed E-state index contributed by atoms with van der Waals surface area (Å²) in [4.78, 5) is 4.48. The van der Waals surface area contributed by atoms with E-state index in [-0.39, 0.29) is 4.21 Å². The lowest BCUT2D eigenvalue weighted by molar-refractivity contribution is 0.354. The van der Waals surface area contributed by atoms with E-state index in [9.17, 15) is 8.42 Å². The summed E-state index contributed by atoms with van der Waals surface area (Å²) in [6, 6.07) is 7.22. The van der Waals surface area contributed by atoms with Crippen LogP contribution in [-0.4, -0.2) is 18.6 Å². The first-order valence-electron chi connectivity index (χ1n) is 8.94. The molecule has 27 heavy (non-hydrogen) atoms. The lowest BCUT2D eigenvalue weighted by atomic mass is 10.1. The Balaban J connectivity index is 1.56. The molecule has 2 heterocycles. The normalized spacial score (nSPS) is 15.3. The third kappa shape index (κ3) is 3.91. The minimum Gasteiger partial charge on any atom is -0.339 e. The van der Waals surface area contributed by atoms with Gasteiger partial charge in [-0.1, -0.05) is 24.1 Å². The number of anilines is 1. The second kappa shape index (κ2) is 7.09. The van der Waals surface area contributed by atoms with Crippen molar-refractivity contribution in [3.05, 3.63) is 46.7 Å². The number of hydrogen-bond acceptors (Lipinski definition) is 6. The van der Waals surface area contributed by atoms with Crippen molar-refractivity contribution in [3.63, 3.8) is 0 Å². The Morgan fingerprint density at radius 2 is 1.81 bits per heavy atom. The number of aryl methyl sites for hydroxylation is 2. The number of thiophene rings is 1. The maximum absolute atomic E-state index is 12.7. The minimum atomic E-state index is -3.66. The zero-order valence-electron chi connectivity index (χ0n) is 15.2. The second-order valence-electron chi connectivity index (χ2n) is 7.07. The molecular formula is C19H21N3O3S2. The van der Waals surface area contributed by atoms with Crippen LogP contribution in [0.1, 0.15) is 48.6 Å². The summed E-state index contributed by atoms with van der Waals surface area (Å²) >= 11 is 1.15. The molecule has 6 nitrogen and oxygen atoms in total. The molecule has 1 saturated carbocycles. The van der Waals surface area contributed by atoms with Crippen LogP contribution in [0.3, 0.4) is 0 Å². The summed E-state index contributed by atoms with van der Waals surface area (Å²) in [5.74, 6) is 1.44. The van der Waals surface area contributed by atoms with Crippen molar-refractivity contribution in [2.45, 2.75) is 49.7 Å². The van der Waals surface area contributed by atoms with Crippen molar-refractivity contribution in [1.82, 2.24) is 10.1 Å². The molecule has 0 bridgehead atoms. The fraction of sp³-hybridized carbons (Fsp3) is 0.368. The second-order valence-corrected chi connectivity index (χ2v) is 9.89. The molecule has 1 N–H and O–H groups in total. The van der Waals surface area contributed by atoms with Gasteiger partial charge in [0.25, 0.3) is 10.0 Å². The van der Waals surface area contributed by atoms with Gasteiger partial charge in [-0.05, 0) is 56.0 Å². The van der Waals surface area contributed by atoms with Gasteiger partial charge in [-0.2, -0.15) is 4.98 Å². The minimum absolute atomic E-state index is 0.226. The monoisotopic (exact) mass is 403 g/mol. The molecule has 0 aliphatic heterocycles. The van der Waals surface area contributed by atoms with E-state index in [1.165, 1.54) is 12.8 Å². The van der Waals surface area contributed by atoms with Gasteiger partial charge in [0.1, 0.15) is 4.21 Å². The maximum Gasteiger partial charge on any atom is 0.271 e. The van der Waals surface area contributed by atoms with Crippen molar-refractivity contribution in [2.75, 3.05) is 4.72 Å². The van der Waals surface area contributed by atoms with Crippen molar-refractivity contribution < 1.29 is 12.9 Å². The molecule has 0 amide bonds. The van der Waals surface area contributed by atoms with Crippen molar-refractivity contribution in [1.29, 1.82) is 0 Å². The molecule has 2 aromatic heterocycles. The number of rotatable bonds is 5. The predicted octanol–water partition coefficient (Wildman–Crippen LogP) is 4.87. The Labute approximate surface area is 162 Å². The fourth-order valence-electron chi connectivity index (χ4n) is 3.50. The molecule has 0 radical (unpaired) electrons. The quantitative estimate of drug-likeness (QED) is 0.657. The van der Waals surface area contributed by atoms with Crippen molar-refractivity contribution >= 4 is 27.0 Å². The van der Waals surface area contributed by atoms with E-state index in [4.69, 9.17) is 4.52 Å². The summed E-state index contributed by atoms with van der Waals surface area (Å²) in [7, 11) is -3.66. The number of nitrogens with zero attached hydrogens (tertiary/aromatic N) is 2. The van der Waals surface area contributed by atoms with Crippen LogP contribution in [0.15, 0.2) is 38.4 Å². The van der Waals surface area contributed by atoms with Crippen molar-refractivity contribution in [3.8, 4) is 11.4 Å². The van der Waals surface area contributed by atoms with Gasteiger partial charge in [0.15, 0.2) is 0 Å². The average Bonchev–Trinajstić information content (AvgIpc) is 3.34. The molecule has 0 spiro atoms. The zero-order chi connectivity index (χ0) is 19.0. The van der Waals surface area contributed by atoms with E-state index in [0.29, 0.717) is 28.9 Å². The Hall–Kier alpha value is -2.19. The van der Waals surface area contributed by atoms with Gasteiger partial charge in [-0.25, -0.2) is 8.42 Å². The topological polar surface area (TPSA) is 85.1 Å². The van der Waals surface area contributed by atoms with Crippen LogP contribution in [0.4, 0.5) is 5.69 Å². The lowest BCUT2D eigenvalue weighted by Gasteiger charge is -2.08. The lowest BCUT2D eigenvalue weighted by Crippen LogP contribution is -2.11. The van der Waals surface area contributed by atoms with Gasteiger partial charge in [-0.15, -0.1) is 11.3 Å². The zero-order valence-corrected chi connectivity index (χ0v) is 16.9. The van der Waals surface area contributed by atoms with Crippen LogP contribution in [0.25, 0.3) is 11.4 Å². The van der Waals surface area contributed by atoms with Crippen LogP contribution >= 0.6 is 11.3 Å². The molecule has 1 aromatic carbocycles. The molecule has 0 saturated heterocycles. The van der Waals surface area contributed by atoms with Gasteiger partial charge in [0.2, 0.25) is 11.7 Å². The highest BCUT2D eigenvalue weighted by atomic mass is 32.2. The Morgan fingerprint density at radius 3 is 2.52 bits per heavy atom. The highest BCUT2D eigenvalue weighted by molar-refractivity contribution is 7.94. The first-order chi connectivity index (χ1) is 12.9. The van der Waals surface area contributed by atoms with Crippen LogP contribution in [0, 0.1) is 13.8 Å². The number of aromatic nitrogens is 2. The van der Waals surface area contributed by atoms with E-state index < -0.39 is 10.0 Å². The Bertz CT molecular complexity index is 1040. The molecule has 8 heteroatoms. The van der Waals surface area contributed by atoms with Crippen molar-refractivity contribution in [2.24, 2.45) is 0 Å². The Kier molecular flexibility index (Phi) is 4.77. The van der Waals surface area contributed by atoms with Crippen LogP contribution in [-0.2, 0) is 10.0 Å². The number of nitrogens with one attached hydrogen (secondary N) is 1. The standard InChI is InChI=1S/C19H21N3O3S2/c1-12-7-13(2)9-16(8-12)22-27(23,24)17-10-15(11-26-17)18-20-19(25-21-18)14-5-3-4-6-14/h7-11,14,22H,3-6H2,1-2H3. The highest BCUT2D eigenvalue weighted by Crippen LogP contribution is 2.35. The molecule has 1 aliphatic carbocycles. The molecule has 3 aromatic rings. The molecule has 0 unspecified atom stereocenters. The van der Waals surface area contributed by atoms with Gasteiger partial charge >= 0.3 is 0 Å². The maximum atomic E-state index is 12.7. The number of benzene rings is 1. The van der Waals surface area contributed by atoms with Gasteiger partial charge < -0.3 is 4.52 Å². The Morgan fingerprint density at radius 1 is 1.11 bits per heavy atom. The summed E-state index contributed by atoms with van der Waals surface area (Å²) < 4.78 is 33.7. The van der Waals surface area contributed by atoms with Gasteiger partial charge in [0.05, 0.1) is 0 Å². The molecular weight excluding hydrogens is 382 g/mol. The molecule has 4 rings (SSSR count). The van der Waals surface area contributed by atoms with Crippen LogP contribution in [0.5, 0.6) is 0 Å². The summed E-state index contributed by atoms with van der Waals surface area (Å²) in [6.07, 6.45) is 4.52. The SMILES string of the molecule is Cc1cc(C)cc(NS(=O)(=O)c2cc(-c3noc(C4CCCC4)n3)cs2)c1. The first-order valence-corrected chi connectivity index (χ1v) is 11.3. The largest absolute Gasteiger partial charge is 0.339 e. The smallest absolute Gasteiger partial charge is 0.271 e. The van der Waals surface area contributed by atoms with E-state index in [2.05, 4.69) is 14.9 Å². The third-order valence-corrected chi connectivity index (χ3v) is 7.54. The fourth-order valence-corrected chi connectivity index (χ4v) is 5.70. The third-order valence-electron chi connectivity index (χ3n) is 4.72. The van der Waals surface area contributed by atoms with Crippen LogP contribution in [0.2, 0.25) is 0 Å². The molecule has 0 atom stereocenters. The predicted molar refractivity (Wildman–Crippen MR) is 106 cm³/mol. The first kappa shape index (κ1) is 18.2. The summed E-state index contributed by atoms with van der Waals surface area (Å²) in [5, 5.41) is 5.79. The van der Waals surface area contributed by atoms with Crippen LogP contribution < -0.4 is 4.72 Å². The number of sulfonamides is 1. The average molecular weight is 404 g/mol. The van der Waals surface area contributed by atoms with E-state index in [1.54, 1.807) is 11.4 Å². The van der Waals surface area contributed by atoms with Gasteiger partial charge in [-0.3, -0.25) is 4.72 Å². The molecule has 1 aliphatic rings. The number of hydrogen-bond donors (Lipinski definition) is 1. The van der Waals surface area contributed by atoms with Gasteiger partial charge in [0, 0.05) is 22.5 Å². The van der Waals surface area contributed by atoms with E-state index >= 15 is 0 Å². The van der Waals surface area contributed by atoms with E-state index in [1.807, 2.05) is 32.0 Å². The molecule has 1 fully saturated rings. The summed E-state index contributed by atoms with van der Waals surface area (Å²) in [6.45, 7) is 3.87. The highest BCUT2D eigenvalue weighted by Gasteiger charge is 2.24.